The maximum absolute atomic E-state index is 11.9. The Morgan fingerprint density at radius 3 is 3.00 bits per heavy atom. The largest absolute Gasteiger partial charge is 0.493 e. The Balaban J connectivity index is 1.56. The minimum Gasteiger partial charge on any atom is -0.493 e. The Hall–Kier alpha value is -1.55. The van der Waals surface area contributed by atoms with Crippen LogP contribution in [0.3, 0.4) is 0 Å². The maximum Gasteiger partial charge on any atom is 0.223 e. The molecule has 1 unspecified atom stereocenters. The van der Waals surface area contributed by atoms with Crippen molar-refractivity contribution in [3.8, 4) is 5.75 Å². The first kappa shape index (κ1) is 13.4. The van der Waals surface area contributed by atoms with Crippen LogP contribution in [0.1, 0.15) is 42.9 Å². The van der Waals surface area contributed by atoms with Gasteiger partial charge in [0.2, 0.25) is 5.91 Å². The quantitative estimate of drug-likeness (QED) is 0.883. The normalized spacial score (nSPS) is 19.4. The van der Waals surface area contributed by atoms with Crippen molar-refractivity contribution in [2.24, 2.45) is 5.92 Å². The average molecular weight is 275 g/mol. The van der Waals surface area contributed by atoms with E-state index < -0.39 is 6.10 Å². The molecule has 3 rings (SSSR count). The fourth-order valence-electron chi connectivity index (χ4n) is 3.06. The molecule has 0 aromatic heterocycles. The summed E-state index contributed by atoms with van der Waals surface area (Å²) in [7, 11) is 0. The SMILES string of the molecule is O=C(NCC(O)c1ccc2c(c1)CCO2)C1CCCC1. The molecule has 1 heterocycles. The fourth-order valence-corrected chi connectivity index (χ4v) is 3.06. The van der Waals surface area contributed by atoms with Crippen LogP contribution in [0.25, 0.3) is 0 Å². The summed E-state index contributed by atoms with van der Waals surface area (Å²) in [4.78, 5) is 11.9. The molecule has 4 heteroatoms. The number of aliphatic hydroxyl groups is 1. The first-order chi connectivity index (χ1) is 9.74. The number of amides is 1. The lowest BCUT2D eigenvalue weighted by Crippen LogP contribution is -2.32. The van der Waals surface area contributed by atoms with Crippen molar-refractivity contribution in [3.63, 3.8) is 0 Å². The van der Waals surface area contributed by atoms with Crippen LogP contribution < -0.4 is 10.1 Å². The van der Waals surface area contributed by atoms with Gasteiger partial charge >= 0.3 is 0 Å². The molecule has 1 amide bonds. The Kier molecular flexibility index (Phi) is 3.92. The number of rotatable bonds is 4. The second kappa shape index (κ2) is 5.83. The summed E-state index contributed by atoms with van der Waals surface area (Å²) >= 11 is 0. The summed E-state index contributed by atoms with van der Waals surface area (Å²) in [5, 5.41) is 13.1. The van der Waals surface area contributed by atoms with Gasteiger partial charge in [-0.1, -0.05) is 18.9 Å². The van der Waals surface area contributed by atoms with E-state index in [2.05, 4.69) is 5.32 Å². The molecule has 4 nitrogen and oxygen atoms in total. The molecule has 0 radical (unpaired) electrons. The van der Waals surface area contributed by atoms with Crippen molar-refractivity contribution in [2.75, 3.05) is 13.2 Å². The van der Waals surface area contributed by atoms with E-state index in [-0.39, 0.29) is 18.4 Å². The predicted octanol–water partition coefficient (Wildman–Crippen LogP) is 1.96. The molecule has 2 aliphatic rings. The summed E-state index contributed by atoms with van der Waals surface area (Å²) in [6.07, 6.45) is 4.50. The average Bonchev–Trinajstić information content (AvgIpc) is 3.13. The molecule has 1 aliphatic heterocycles. The highest BCUT2D eigenvalue weighted by atomic mass is 16.5. The van der Waals surface area contributed by atoms with Crippen LogP contribution in [-0.2, 0) is 11.2 Å². The number of fused-ring (bicyclic) bond motifs is 1. The highest BCUT2D eigenvalue weighted by Crippen LogP contribution is 2.28. The number of aliphatic hydroxyl groups excluding tert-OH is 1. The van der Waals surface area contributed by atoms with Crippen molar-refractivity contribution in [1.29, 1.82) is 0 Å². The summed E-state index contributed by atoms with van der Waals surface area (Å²) in [5.74, 6) is 1.15. The van der Waals surface area contributed by atoms with E-state index in [1.54, 1.807) is 0 Å². The molecule has 0 spiro atoms. The highest BCUT2D eigenvalue weighted by molar-refractivity contribution is 5.78. The highest BCUT2D eigenvalue weighted by Gasteiger charge is 2.23. The Morgan fingerprint density at radius 1 is 1.40 bits per heavy atom. The fraction of sp³-hybridized carbons (Fsp3) is 0.562. The first-order valence-corrected chi connectivity index (χ1v) is 7.45. The van der Waals surface area contributed by atoms with Crippen LogP contribution >= 0.6 is 0 Å². The number of ether oxygens (including phenoxy) is 1. The van der Waals surface area contributed by atoms with Gasteiger partial charge in [-0.25, -0.2) is 0 Å². The molecule has 20 heavy (non-hydrogen) atoms. The van der Waals surface area contributed by atoms with E-state index in [4.69, 9.17) is 4.74 Å². The molecule has 0 bridgehead atoms. The van der Waals surface area contributed by atoms with Crippen molar-refractivity contribution in [2.45, 2.75) is 38.2 Å². The van der Waals surface area contributed by atoms with E-state index in [9.17, 15) is 9.90 Å². The molecule has 108 valence electrons. The summed E-state index contributed by atoms with van der Waals surface area (Å²) < 4.78 is 5.45. The van der Waals surface area contributed by atoms with E-state index in [0.717, 1.165) is 49.0 Å². The summed E-state index contributed by atoms with van der Waals surface area (Å²) in [6.45, 7) is 1.00. The van der Waals surface area contributed by atoms with Gasteiger partial charge in [-0.15, -0.1) is 0 Å². The number of benzene rings is 1. The monoisotopic (exact) mass is 275 g/mol. The van der Waals surface area contributed by atoms with Crippen LogP contribution in [0.2, 0.25) is 0 Å². The van der Waals surface area contributed by atoms with Gasteiger partial charge in [0.1, 0.15) is 5.75 Å². The Morgan fingerprint density at radius 2 is 2.20 bits per heavy atom. The lowest BCUT2D eigenvalue weighted by Gasteiger charge is -2.15. The molecular weight excluding hydrogens is 254 g/mol. The molecule has 1 saturated carbocycles. The first-order valence-electron chi connectivity index (χ1n) is 7.45. The van der Waals surface area contributed by atoms with Crippen LogP contribution in [0.5, 0.6) is 5.75 Å². The zero-order valence-corrected chi connectivity index (χ0v) is 11.6. The minimum absolute atomic E-state index is 0.0889. The molecule has 1 aromatic rings. The van der Waals surface area contributed by atoms with Crippen molar-refractivity contribution < 1.29 is 14.6 Å². The third kappa shape index (κ3) is 2.80. The van der Waals surface area contributed by atoms with Gasteiger partial charge in [-0.3, -0.25) is 4.79 Å². The number of nitrogens with one attached hydrogen (secondary N) is 1. The van der Waals surface area contributed by atoms with E-state index in [0.29, 0.717) is 6.61 Å². The molecule has 1 aliphatic carbocycles. The molecule has 1 aromatic carbocycles. The Bertz CT molecular complexity index is 494. The lowest BCUT2D eigenvalue weighted by atomic mass is 10.0. The zero-order valence-electron chi connectivity index (χ0n) is 11.6. The van der Waals surface area contributed by atoms with Gasteiger partial charge in [0.15, 0.2) is 0 Å². The standard InChI is InChI=1S/C16H21NO3/c18-14(10-17-16(19)11-3-1-2-4-11)12-5-6-15-13(9-12)7-8-20-15/h5-6,9,11,14,18H,1-4,7-8,10H2,(H,17,19). The maximum atomic E-state index is 11.9. The molecular formula is C16H21NO3. The van der Waals surface area contributed by atoms with Crippen molar-refractivity contribution in [3.05, 3.63) is 29.3 Å². The number of hydrogen-bond acceptors (Lipinski definition) is 3. The second-order valence-corrected chi connectivity index (χ2v) is 5.71. The van der Waals surface area contributed by atoms with Gasteiger partial charge < -0.3 is 15.2 Å². The third-order valence-electron chi connectivity index (χ3n) is 4.29. The molecule has 0 saturated heterocycles. The lowest BCUT2D eigenvalue weighted by molar-refractivity contribution is -0.125. The van der Waals surface area contributed by atoms with Gasteiger partial charge in [0.05, 0.1) is 12.7 Å². The smallest absolute Gasteiger partial charge is 0.223 e. The van der Waals surface area contributed by atoms with Gasteiger partial charge in [-0.2, -0.15) is 0 Å². The van der Waals surface area contributed by atoms with Gasteiger partial charge in [0.25, 0.3) is 0 Å². The van der Waals surface area contributed by atoms with Gasteiger partial charge in [0, 0.05) is 18.9 Å². The number of hydrogen-bond donors (Lipinski definition) is 2. The van der Waals surface area contributed by atoms with E-state index >= 15 is 0 Å². The van der Waals surface area contributed by atoms with Crippen molar-refractivity contribution in [1.82, 2.24) is 5.32 Å². The molecule has 1 atom stereocenters. The predicted molar refractivity (Wildman–Crippen MR) is 75.6 cm³/mol. The topological polar surface area (TPSA) is 58.6 Å². The zero-order chi connectivity index (χ0) is 13.9. The van der Waals surface area contributed by atoms with E-state index in [1.165, 1.54) is 0 Å². The van der Waals surface area contributed by atoms with Gasteiger partial charge in [-0.05, 0) is 36.1 Å². The van der Waals surface area contributed by atoms with Crippen LogP contribution in [0.4, 0.5) is 0 Å². The Labute approximate surface area is 119 Å². The third-order valence-corrected chi connectivity index (χ3v) is 4.29. The molecule has 1 fully saturated rings. The van der Waals surface area contributed by atoms with Crippen LogP contribution in [0.15, 0.2) is 18.2 Å². The minimum atomic E-state index is -0.647. The van der Waals surface area contributed by atoms with Crippen molar-refractivity contribution >= 4 is 5.91 Å². The second-order valence-electron chi connectivity index (χ2n) is 5.71. The summed E-state index contributed by atoms with van der Waals surface area (Å²) in [6, 6.07) is 5.75. The molecule has 2 N–H and O–H groups in total. The van der Waals surface area contributed by atoms with Crippen LogP contribution in [-0.4, -0.2) is 24.2 Å². The summed E-state index contributed by atoms with van der Waals surface area (Å²) in [5.41, 5.74) is 1.99. The number of carbonyl (C=O) groups is 1. The van der Waals surface area contributed by atoms with Crippen LogP contribution in [0, 0.1) is 5.92 Å². The number of carbonyl (C=O) groups excluding carboxylic acids is 1. The van der Waals surface area contributed by atoms with E-state index in [1.807, 2.05) is 18.2 Å².